The summed E-state index contributed by atoms with van der Waals surface area (Å²) in [5, 5.41) is 0.639. The predicted molar refractivity (Wildman–Crippen MR) is 94.2 cm³/mol. The quantitative estimate of drug-likeness (QED) is 0.514. The SMILES string of the molecule is COc1cccnc1-c1ccc(-c2nc3cc(Cl)ccc3o2)cc1. The van der Waals surface area contributed by atoms with Gasteiger partial charge in [-0.25, -0.2) is 4.98 Å². The number of aromatic nitrogens is 2. The molecule has 0 spiro atoms. The second kappa shape index (κ2) is 5.98. The Morgan fingerprint density at radius 2 is 1.79 bits per heavy atom. The molecule has 0 bridgehead atoms. The molecule has 0 aliphatic rings. The van der Waals surface area contributed by atoms with E-state index >= 15 is 0 Å². The van der Waals surface area contributed by atoms with Crippen molar-refractivity contribution in [2.75, 3.05) is 7.11 Å². The molecular weight excluding hydrogens is 324 g/mol. The molecule has 0 saturated heterocycles. The summed E-state index contributed by atoms with van der Waals surface area (Å²) in [7, 11) is 1.64. The first-order valence-electron chi connectivity index (χ1n) is 7.40. The van der Waals surface area contributed by atoms with Gasteiger partial charge in [0.25, 0.3) is 0 Å². The van der Waals surface area contributed by atoms with Gasteiger partial charge in [-0.15, -0.1) is 0 Å². The number of benzene rings is 2. The third-order valence-corrected chi connectivity index (χ3v) is 3.98. The average molecular weight is 337 g/mol. The minimum absolute atomic E-state index is 0.562. The monoisotopic (exact) mass is 336 g/mol. The molecule has 4 nitrogen and oxygen atoms in total. The van der Waals surface area contributed by atoms with Crippen molar-refractivity contribution in [2.24, 2.45) is 0 Å². The van der Waals surface area contributed by atoms with Crippen molar-refractivity contribution in [2.45, 2.75) is 0 Å². The second-order valence-electron chi connectivity index (χ2n) is 5.26. The third kappa shape index (κ3) is 2.61. The molecule has 0 saturated carbocycles. The predicted octanol–water partition coefficient (Wildman–Crippen LogP) is 5.22. The van der Waals surface area contributed by atoms with Crippen LogP contribution in [0.3, 0.4) is 0 Å². The summed E-state index contributed by atoms with van der Waals surface area (Å²) >= 11 is 5.99. The molecule has 0 N–H and O–H groups in total. The van der Waals surface area contributed by atoms with Gasteiger partial charge < -0.3 is 9.15 Å². The Morgan fingerprint density at radius 3 is 2.58 bits per heavy atom. The van der Waals surface area contributed by atoms with E-state index in [1.807, 2.05) is 42.5 Å². The second-order valence-corrected chi connectivity index (χ2v) is 5.70. The number of hydrogen-bond acceptors (Lipinski definition) is 4. The van der Waals surface area contributed by atoms with Crippen LogP contribution in [0.5, 0.6) is 5.75 Å². The fraction of sp³-hybridized carbons (Fsp3) is 0.0526. The highest BCUT2D eigenvalue weighted by atomic mass is 35.5. The lowest BCUT2D eigenvalue weighted by Gasteiger charge is -2.07. The summed E-state index contributed by atoms with van der Waals surface area (Å²) in [5.74, 6) is 1.30. The normalized spacial score (nSPS) is 10.9. The molecule has 4 aromatic rings. The van der Waals surface area contributed by atoms with Crippen molar-refractivity contribution in [3.8, 4) is 28.5 Å². The van der Waals surface area contributed by atoms with Crippen molar-refractivity contribution >= 4 is 22.7 Å². The molecule has 4 rings (SSSR count). The molecule has 0 aliphatic heterocycles. The molecule has 0 aliphatic carbocycles. The molecule has 2 aromatic carbocycles. The highest BCUT2D eigenvalue weighted by Gasteiger charge is 2.11. The first-order valence-corrected chi connectivity index (χ1v) is 7.78. The van der Waals surface area contributed by atoms with E-state index < -0.39 is 0 Å². The average Bonchev–Trinajstić information content (AvgIpc) is 3.05. The minimum Gasteiger partial charge on any atom is -0.494 e. The molecule has 2 aromatic heterocycles. The molecule has 2 heterocycles. The Kier molecular flexibility index (Phi) is 3.67. The Balaban J connectivity index is 1.72. The van der Waals surface area contributed by atoms with E-state index in [1.165, 1.54) is 0 Å². The van der Waals surface area contributed by atoms with E-state index in [-0.39, 0.29) is 0 Å². The molecule has 0 amide bonds. The van der Waals surface area contributed by atoms with E-state index in [0.29, 0.717) is 16.5 Å². The Hall–Kier alpha value is -2.85. The maximum absolute atomic E-state index is 5.99. The van der Waals surface area contributed by atoms with Crippen LogP contribution in [0.1, 0.15) is 0 Å². The van der Waals surface area contributed by atoms with Crippen LogP contribution in [-0.4, -0.2) is 17.1 Å². The number of methoxy groups -OCH3 is 1. The summed E-state index contributed by atoms with van der Waals surface area (Å²) in [4.78, 5) is 8.88. The van der Waals surface area contributed by atoms with Crippen molar-refractivity contribution in [3.05, 3.63) is 65.8 Å². The zero-order chi connectivity index (χ0) is 16.5. The third-order valence-electron chi connectivity index (χ3n) is 3.75. The summed E-state index contributed by atoms with van der Waals surface area (Å²) < 4.78 is 11.1. The van der Waals surface area contributed by atoms with Crippen LogP contribution in [0, 0.1) is 0 Å². The molecule has 0 radical (unpaired) electrons. The summed E-state index contributed by atoms with van der Waals surface area (Å²) in [6.07, 6.45) is 1.75. The zero-order valence-electron chi connectivity index (χ0n) is 12.9. The van der Waals surface area contributed by atoms with Gasteiger partial charge in [0.05, 0.1) is 7.11 Å². The van der Waals surface area contributed by atoms with E-state index in [2.05, 4.69) is 9.97 Å². The molecule has 5 heteroatoms. The Morgan fingerprint density at radius 1 is 1.00 bits per heavy atom. The number of nitrogens with zero attached hydrogens (tertiary/aromatic N) is 2. The smallest absolute Gasteiger partial charge is 0.227 e. The highest BCUT2D eigenvalue weighted by molar-refractivity contribution is 6.31. The number of ether oxygens (including phenoxy) is 1. The lowest BCUT2D eigenvalue weighted by molar-refractivity contribution is 0.415. The van der Waals surface area contributed by atoms with Gasteiger partial charge in [0, 0.05) is 22.3 Å². The van der Waals surface area contributed by atoms with Gasteiger partial charge >= 0.3 is 0 Å². The summed E-state index contributed by atoms with van der Waals surface area (Å²) in [6, 6.07) is 17.0. The van der Waals surface area contributed by atoms with Gasteiger partial charge in [-0.2, -0.15) is 0 Å². The summed E-state index contributed by atoms with van der Waals surface area (Å²) in [5.41, 5.74) is 4.12. The van der Waals surface area contributed by atoms with E-state index in [1.54, 1.807) is 25.4 Å². The Bertz CT molecular complexity index is 1010. The molecule has 0 fully saturated rings. The zero-order valence-corrected chi connectivity index (χ0v) is 13.6. The van der Waals surface area contributed by atoms with Crippen LogP contribution in [0.4, 0.5) is 0 Å². The number of hydrogen-bond donors (Lipinski definition) is 0. The van der Waals surface area contributed by atoms with Gasteiger partial charge in [-0.3, -0.25) is 4.98 Å². The van der Waals surface area contributed by atoms with Gasteiger partial charge in [0.2, 0.25) is 5.89 Å². The number of pyridine rings is 1. The van der Waals surface area contributed by atoms with Crippen LogP contribution >= 0.6 is 11.6 Å². The molecule has 0 unspecified atom stereocenters. The lowest BCUT2D eigenvalue weighted by Crippen LogP contribution is -1.90. The first kappa shape index (κ1) is 14.7. The molecule has 24 heavy (non-hydrogen) atoms. The number of rotatable bonds is 3. The summed E-state index contributed by atoms with van der Waals surface area (Å²) in [6.45, 7) is 0. The van der Waals surface area contributed by atoms with Crippen molar-refractivity contribution in [1.82, 2.24) is 9.97 Å². The minimum atomic E-state index is 0.562. The number of oxazole rings is 1. The van der Waals surface area contributed by atoms with Gasteiger partial charge in [0.1, 0.15) is 17.0 Å². The molecule has 118 valence electrons. The van der Waals surface area contributed by atoms with Crippen LogP contribution < -0.4 is 4.74 Å². The maximum atomic E-state index is 5.99. The molecular formula is C19H13ClN2O2. The van der Waals surface area contributed by atoms with Crippen LogP contribution in [-0.2, 0) is 0 Å². The fourth-order valence-corrected chi connectivity index (χ4v) is 2.73. The van der Waals surface area contributed by atoms with Crippen molar-refractivity contribution in [1.29, 1.82) is 0 Å². The maximum Gasteiger partial charge on any atom is 0.227 e. The Labute approximate surface area is 143 Å². The topological polar surface area (TPSA) is 48.2 Å². The van der Waals surface area contributed by atoms with Gasteiger partial charge in [-0.05, 0) is 42.5 Å². The van der Waals surface area contributed by atoms with E-state index in [4.69, 9.17) is 20.8 Å². The fourth-order valence-electron chi connectivity index (χ4n) is 2.57. The van der Waals surface area contributed by atoms with Crippen molar-refractivity contribution < 1.29 is 9.15 Å². The largest absolute Gasteiger partial charge is 0.494 e. The van der Waals surface area contributed by atoms with E-state index in [0.717, 1.165) is 28.1 Å². The van der Waals surface area contributed by atoms with Crippen LogP contribution in [0.15, 0.2) is 65.2 Å². The van der Waals surface area contributed by atoms with Crippen LogP contribution in [0.25, 0.3) is 33.8 Å². The van der Waals surface area contributed by atoms with Gasteiger partial charge in [-0.1, -0.05) is 23.7 Å². The van der Waals surface area contributed by atoms with Crippen molar-refractivity contribution in [3.63, 3.8) is 0 Å². The standard InChI is InChI=1S/C19H13ClN2O2/c1-23-17-3-2-10-21-18(17)12-4-6-13(7-5-12)19-22-15-11-14(20)8-9-16(15)24-19/h2-11H,1H3. The number of halogens is 1. The lowest BCUT2D eigenvalue weighted by atomic mass is 10.1. The van der Waals surface area contributed by atoms with E-state index in [9.17, 15) is 0 Å². The van der Waals surface area contributed by atoms with Crippen LogP contribution in [0.2, 0.25) is 5.02 Å². The van der Waals surface area contributed by atoms with Gasteiger partial charge in [0.15, 0.2) is 5.58 Å². The highest BCUT2D eigenvalue weighted by Crippen LogP contribution is 2.30. The molecule has 0 atom stereocenters. The first-order chi connectivity index (χ1) is 11.7. The number of fused-ring (bicyclic) bond motifs is 1.